The van der Waals surface area contributed by atoms with E-state index < -0.39 is 17.4 Å². The van der Waals surface area contributed by atoms with Gasteiger partial charge in [-0.25, -0.2) is 24.2 Å². The van der Waals surface area contributed by atoms with Crippen molar-refractivity contribution in [2.75, 3.05) is 25.0 Å². The molecule has 2 aromatic rings. The monoisotopic (exact) mass is 460 g/mol. The number of fused-ring (bicyclic) bond motifs is 1. The van der Waals surface area contributed by atoms with Gasteiger partial charge in [-0.1, -0.05) is 33.6 Å². The molecule has 3 N–H and O–H groups in total. The molecule has 0 bridgehead atoms. The molecule has 2 aromatic heterocycles. The number of likely N-dealkylation sites (tertiary alicyclic amines) is 1. The summed E-state index contributed by atoms with van der Waals surface area (Å²) in [5, 5.41) is 23.8. The Morgan fingerprint density at radius 1 is 1.00 bits per heavy atom. The number of nitrogens with zero attached hydrogens (tertiary/aromatic N) is 5. The first-order valence-electron chi connectivity index (χ1n) is 10.9. The van der Waals surface area contributed by atoms with Crippen LogP contribution in [0.1, 0.15) is 46.5 Å². The zero-order valence-corrected chi connectivity index (χ0v) is 19.3. The van der Waals surface area contributed by atoms with Gasteiger partial charge in [0, 0.05) is 24.1 Å². The number of rotatable bonds is 6. The van der Waals surface area contributed by atoms with Gasteiger partial charge in [0.15, 0.2) is 5.65 Å². The van der Waals surface area contributed by atoms with Crippen molar-refractivity contribution in [3.05, 3.63) is 24.7 Å². The van der Waals surface area contributed by atoms with Gasteiger partial charge in [0.05, 0.1) is 18.1 Å². The minimum atomic E-state index is -1.26. The fraction of sp³-hybridized carbons (Fsp3) is 0.545. The fourth-order valence-electron chi connectivity index (χ4n) is 3.19. The Bertz CT molecular complexity index is 971. The Morgan fingerprint density at radius 2 is 1.61 bits per heavy atom. The molecule has 0 radical (unpaired) electrons. The van der Waals surface area contributed by atoms with E-state index >= 15 is 0 Å². The van der Waals surface area contributed by atoms with Gasteiger partial charge in [0.25, 0.3) is 0 Å². The molecule has 11 nitrogen and oxygen atoms in total. The Hall–Kier alpha value is -3.34. The SMILES string of the molecule is CC(C)(C)C(=O)Nc1ncnc2c1cnn2CCN1CCCCCC1.O=C(O)/C=C\C(=O)O. The fourth-order valence-corrected chi connectivity index (χ4v) is 3.19. The molecule has 0 aromatic carbocycles. The van der Waals surface area contributed by atoms with Crippen LogP contribution in [0, 0.1) is 5.41 Å². The van der Waals surface area contributed by atoms with E-state index in [1.165, 1.54) is 45.1 Å². The lowest BCUT2D eigenvalue weighted by molar-refractivity contribution is -0.134. The Labute approximate surface area is 192 Å². The Morgan fingerprint density at radius 3 is 2.15 bits per heavy atom. The highest BCUT2D eigenvalue weighted by Crippen LogP contribution is 2.22. The van der Waals surface area contributed by atoms with Crippen LogP contribution < -0.4 is 5.32 Å². The molecule has 1 saturated heterocycles. The Kier molecular flexibility index (Phi) is 9.46. The summed E-state index contributed by atoms with van der Waals surface area (Å²) in [6.45, 7) is 9.75. The lowest BCUT2D eigenvalue weighted by Gasteiger charge is -2.19. The summed E-state index contributed by atoms with van der Waals surface area (Å²) in [4.78, 5) is 42.5. The highest BCUT2D eigenvalue weighted by atomic mass is 16.4. The van der Waals surface area contributed by atoms with E-state index in [0.717, 1.165) is 24.1 Å². The number of aromatic nitrogens is 4. The lowest BCUT2D eigenvalue weighted by atomic mass is 9.96. The molecule has 0 unspecified atom stereocenters. The summed E-state index contributed by atoms with van der Waals surface area (Å²) in [6.07, 6.45) is 9.60. The molecule has 0 atom stereocenters. The number of carbonyl (C=O) groups is 3. The van der Waals surface area contributed by atoms with Gasteiger partial charge in [-0.3, -0.25) is 4.79 Å². The Balaban J connectivity index is 0.000000414. The number of carboxylic acid groups (broad SMARTS) is 2. The third-order valence-electron chi connectivity index (χ3n) is 5.04. The van der Waals surface area contributed by atoms with Crippen molar-refractivity contribution in [1.82, 2.24) is 24.6 Å². The largest absolute Gasteiger partial charge is 0.478 e. The topological polar surface area (TPSA) is 151 Å². The molecule has 3 heterocycles. The molecular weight excluding hydrogens is 428 g/mol. The quantitative estimate of drug-likeness (QED) is 0.552. The maximum Gasteiger partial charge on any atom is 0.328 e. The van der Waals surface area contributed by atoms with Crippen LogP contribution in [0.15, 0.2) is 24.7 Å². The van der Waals surface area contributed by atoms with Crippen LogP contribution in [0.3, 0.4) is 0 Å². The number of carbonyl (C=O) groups excluding carboxylic acids is 1. The third kappa shape index (κ3) is 8.60. The van der Waals surface area contributed by atoms with Crippen molar-refractivity contribution < 1.29 is 24.6 Å². The normalized spacial score (nSPS) is 15.0. The number of carboxylic acids is 2. The smallest absolute Gasteiger partial charge is 0.328 e. The summed E-state index contributed by atoms with van der Waals surface area (Å²) in [6, 6.07) is 0. The molecule has 1 fully saturated rings. The standard InChI is InChI=1S/C18H28N6O.C4H4O4/c1-18(2,3)17(25)22-15-14-12-21-24(16(14)20-13-19-15)11-10-23-8-6-4-5-7-9-23;5-3(6)1-2-4(7)8/h12-13H,4-11H2,1-3H3,(H,19,20,22,25);1-2H,(H,5,6)(H,7,8)/b;2-1-. The third-order valence-corrected chi connectivity index (χ3v) is 5.04. The van der Waals surface area contributed by atoms with Crippen molar-refractivity contribution in [2.45, 2.75) is 53.0 Å². The summed E-state index contributed by atoms with van der Waals surface area (Å²) < 4.78 is 1.91. The minimum absolute atomic E-state index is 0.0650. The second-order valence-corrected chi connectivity index (χ2v) is 8.80. The number of amides is 1. The molecule has 0 saturated carbocycles. The van der Waals surface area contributed by atoms with Crippen molar-refractivity contribution >= 4 is 34.7 Å². The molecule has 3 rings (SSSR count). The summed E-state index contributed by atoms with van der Waals surface area (Å²) in [7, 11) is 0. The molecule has 0 aliphatic carbocycles. The molecule has 0 spiro atoms. The van der Waals surface area contributed by atoms with Gasteiger partial charge in [0.1, 0.15) is 12.1 Å². The van der Waals surface area contributed by atoms with Gasteiger partial charge in [-0.2, -0.15) is 5.10 Å². The average Bonchev–Trinajstić information content (AvgIpc) is 2.98. The van der Waals surface area contributed by atoms with Crippen molar-refractivity contribution in [1.29, 1.82) is 0 Å². The van der Waals surface area contributed by atoms with E-state index in [9.17, 15) is 14.4 Å². The zero-order valence-electron chi connectivity index (χ0n) is 19.3. The van der Waals surface area contributed by atoms with Crippen LogP contribution in [0.25, 0.3) is 11.0 Å². The summed E-state index contributed by atoms with van der Waals surface area (Å²) in [5.41, 5.74) is 0.300. The predicted octanol–water partition coefficient (Wildman–Crippen LogP) is 2.40. The molecule has 33 heavy (non-hydrogen) atoms. The van der Waals surface area contributed by atoms with Crippen LogP contribution in [0.2, 0.25) is 0 Å². The lowest BCUT2D eigenvalue weighted by Crippen LogP contribution is -2.29. The first-order chi connectivity index (χ1) is 15.6. The van der Waals surface area contributed by atoms with Crippen LogP contribution in [0.5, 0.6) is 0 Å². The zero-order chi connectivity index (χ0) is 24.4. The van der Waals surface area contributed by atoms with Crippen LogP contribution >= 0.6 is 0 Å². The van der Waals surface area contributed by atoms with Gasteiger partial charge in [-0.15, -0.1) is 0 Å². The summed E-state index contributed by atoms with van der Waals surface area (Å²) in [5.74, 6) is -2.05. The van der Waals surface area contributed by atoms with Crippen molar-refractivity contribution in [3.8, 4) is 0 Å². The molecule has 180 valence electrons. The molecule has 1 aliphatic rings. The predicted molar refractivity (Wildman–Crippen MR) is 123 cm³/mol. The minimum Gasteiger partial charge on any atom is -0.478 e. The second-order valence-electron chi connectivity index (χ2n) is 8.80. The molecule has 1 amide bonds. The van der Waals surface area contributed by atoms with Crippen LogP contribution in [0.4, 0.5) is 5.82 Å². The number of hydrogen-bond donors (Lipinski definition) is 3. The van der Waals surface area contributed by atoms with E-state index in [1.54, 1.807) is 6.20 Å². The maximum atomic E-state index is 12.2. The van der Waals surface area contributed by atoms with Gasteiger partial charge < -0.3 is 20.4 Å². The second kappa shape index (κ2) is 12.0. The van der Waals surface area contributed by atoms with Gasteiger partial charge in [-0.05, 0) is 25.9 Å². The van der Waals surface area contributed by atoms with Gasteiger partial charge >= 0.3 is 11.9 Å². The number of anilines is 1. The van der Waals surface area contributed by atoms with E-state index in [0.29, 0.717) is 18.0 Å². The highest BCUT2D eigenvalue weighted by molar-refractivity contribution is 6.00. The van der Waals surface area contributed by atoms with E-state index in [1.807, 2.05) is 25.5 Å². The van der Waals surface area contributed by atoms with E-state index in [4.69, 9.17) is 10.2 Å². The average molecular weight is 461 g/mol. The summed E-state index contributed by atoms with van der Waals surface area (Å²) >= 11 is 0. The first kappa shape index (κ1) is 25.9. The van der Waals surface area contributed by atoms with Crippen LogP contribution in [-0.4, -0.2) is 72.3 Å². The number of hydrogen-bond acceptors (Lipinski definition) is 7. The molecule has 11 heteroatoms. The van der Waals surface area contributed by atoms with Crippen molar-refractivity contribution in [3.63, 3.8) is 0 Å². The highest BCUT2D eigenvalue weighted by Gasteiger charge is 2.23. The van der Waals surface area contributed by atoms with Gasteiger partial charge in [0.2, 0.25) is 5.91 Å². The number of aliphatic carboxylic acids is 2. The van der Waals surface area contributed by atoms with E-state index in [-0.39, 0.29) is 5.91 Å². The van der Waals surface area contributed by atoms with Crippen LogP contribution in [-0.2, 0) is 20.9 Å². The van der Waals surface area contributed by atoms with Crippen molar-refractivity contribution in [2.24, 2.45) is 5.41 Å². The first-order valence-corrected chi connectivity index (χ1v) is 10.9. The number of nitrogens with one attached hydrogen (secondary N) is 1. The molecule has 1 aliphatic heterocycles. The van der Waals surface area contributed by atoms with E-state index in [2.05, 4.69) is 25.3 Å². The maximum absolute atomic E-state index is 12.2. The molecular formula is C22H32N6O5.